The molecule has 0 aliphatic heterocycles. The SMILES string of the molecule is COCCC(C)C(O)c1nccc2ccccc12. The van der Waals surface area contributed by atoms with Crippen molar-refractivity contribution in [2.45, 2.75) is 19.4 Å². The number of nitrogens with zero attached hydrogens (tertiary/aromatic N) is 1. The molecule has 1 N–H and O–H groups in total. The largest absolute Gasteiger partial charge is 0.387 e. The molecule has 18 heavy (non-hydrogen) atoms. The van der Waals surface area contributed by atoms with Gasteiger partial charge in [-0.3, -0.25) is 4.98 Å². The third-order valence-electron chi connectivity index (χ3n) is 3.30. The van der Waals surface area contributed by atoms with Gasteiger partial charge in [-0.1, -0.05) is 31.2 Å². The van der Waals surface area contributed by atoms with E-state index in [0.717, 1.165) is 22.9 Å². The van der Waals surface area contributed by atoms with Crippen LogP contribution in [0.25, 0.3) is 10.8 Å². The van der Waals surface area contributed by atoms with Crippen molar-refractivity contribution in [3.05, 3.63) is 42.2 Å². The lowest BCUT2D eigenvalue weighted by Crippen LogP contribution is -2.13. The first kappa shape index (κ1) is 13.0. The zero-order valence-corrected chi connectivity index (χ0v) is 10.8. The van der Waals surface area contributed by atoms with Crippen LogP contribution in [0, 0.1) is 5.92 Å². The van der Waals surface area contributed by atoms with Crippen molar-refractivity contribution in [2.24, 2.45) is 5.92 Å². The molecule has 2 atom stereocenters. The number of rotatable bonds is 5. The van der Waals surface area contributed by atoms with Gasteiger partial charge in [-0.05, 0) is 23.8 Å². The van der Waals surface area contributed by atoms with E-state index in [1.54, 1.807) is 13.3 Å². The van der Waals surface area contributed by atoms with Gasteiger partial charge >= 0.3 is 0 Å². The number of fused-ring (bicyclic) bond motifs is 1. The third-order valence-corrected chi connectivity index (χ3v) is 3.30. The Bertz CT molecular complexity index is 507. The summed E-state index contributed by atoms with van der Waals surface area (Å²) < 4.78 is 5.05. The van der Waals surface area contributed by atoms with Crippen molar-refractivity contribution in [3.63, 3.8) is 0 Å². The van der Waals surface area contributed by atoms with E-state index in [1.165, 1.54) is 0 Å². The molecule has 1 heterocycles. The highest BCUT2D eigenvalue weighted by Gasteiger charge is 2.19. The number of benzene rings is 1. The molecule has 0 spiro atoms. The van der Waals surface area contributed by atoms with Crippen molar-refractivity contribution >= 4 is 10.8 Å². The fraction of sp³-hybridized carbons (Fsp3) is 0.400. The Balaban J connectivity index is 2.29. The Labute approximate surface area is 107 Å². The molecular formula is C15H19NO2. The van der Waals surface area contributed by atoms with Crippen LogP contribution in [-0.2, 0) is 4.74 Å². The molecule has 2 unspecified atom stereocenters. The molecule has 2 rings (SSSR count). The molecule has 1 aromatic heterocycles. The molecule has 0 amide bonds. The van der Waals surface area contributed by atoms with Crippen LogP contribution in [0.5, 0.6) is 0 Å². The van der Waals surface area contributed by atoms with E-state index in [4.69, 9.17) is 4.74 Å². The number of hydrogen-bond acceptors (Lipinski definition) is 3. The van der Waals surface area contributed by atoms with Crippen molar-refractivity contribution in [3.8, 4) is 0 Å². The van der Waals surface area contributed by atoms with E-state index in [1.807, 2.05) is 37.3 Å². The maximum Gasteiger partial charge on any atom is 0.0992 e. The van der Waals surface area contributed by atoms with E-state index >= 15 is 0 Å². The van der Waals surface area contributed by atoms with Gasteiger partial charge in [0.2, 0.25) is 0 Å². The zero-order valence-electron chi connectivity index (χ0n) is 10.8. The number of ether oxygens (including phenoxy) is 1. The van der Waals surface area contributed by atoms with Crippen LogP contribution >= 0.6 is 0 Å². The number of pyridine rings is 1. The van der Waals surface area contributed by atoms with Crippen LogP contribution in [-0.4, -0.2) is 23.8 Å². The van der Waals surface area contributed by atoms with Crippen molar-refractivity contribution in [1.82, 2.24) is 4.98 Å². The average molecular weight is 245 g/mol. The molecule has 1 aromatic carbocycles. The van der Waals surface area contributed by atoms with Gasteiger partial charge in [0.05, 0.1) is 11.8 Å². The number of hydrogen-bond donors (Lipinski definition) is 1. The monoisotopic (exact) mass is 245 g/mol. The summed E-state index contributed by atoms with van der Waals surface area (Å²) in [4.78, 5) is 4.35. The highest BCUT2D eigenvalue weighted by molar-refractivity contribution is 5.84. The number of methoxy groups -OCH3 is 1. The first-order chi connectivity index (χ1) is 8.74. The lowest BCUT2D eigenvalue weighted by atomic mass is 9.95. The molecule has 0 bridgehead atoms. The number of aliphatic hydroxyl groups is 1. The molecular weight excluding hydrogens is 226 g/mol. The lowest BCUT2D eigenvalue weighted by Gasteiger charge is -2.19. The summed E-state index contributed by atoms with van der Waals surface area (Å²) in [6, 6.07) is 9.97. The predicted octanol–water partition coefficient (Wildman–Crippen LogP) is 2.94. The van der Waals surface area contributed by atoms with Gasteiger partial charge in [-0.25, -0.2) is 0 Å². The molecule has 0 aliphatic carbocycles. The smallest absolute Gasteiger partial charge is 0.0992 e. The van der Waals surface area contributed by atoms with Crippen LogP contribution in [0.1, 0.15) is 25.1 Å². The first-order valence-corrected chi connectivity index (χ1v) is 6.24. The molecule has 3 heteroatoms. The van der Waals surface area contributed by atoms with Crippen LogP contribution < -0.4 is 0 Å². The third kappa shape index (κ3) is 2.68. The van der Waals surface area contributed by atoms with E-state index in [-0.39, 0.29) is 5.92 Å². The lowest BCUT2D eigenvalue weighted by molar-refractivity contribution is 0.0866. The molecule has 2 aromatic rings. The van der Waals surface area contributed by atoms with Crippen molar-refractivity contribution < 1.29 is 9.84 Å². The summed E-state index contributed by atoms with van der Waals surface area (Å²) in [6.07, 6.45) is 2.03. The van der Waals surface area contributed by atoms with Gasteiger partial charge in [0.25, 0.3) is 0 Å². The fourth-order valence-electron chi connectivity index (χ4n) is 2.11. The molecule has 0 radical (unpaired) electrons. The first-order valence-electron chi connectivity index (χ1n) is 6.24. The summed E-state index contributed by atoms with van der Waals surface area (Å²) in [5.41, 5.74) is 0.761. The highest BCUT2D eigenvalue weighted by Crippen LogP contribution is 2.28. The zero-order chi connectivity index (χ0) is 13.0. The second-order valence-corrected chi connectivity index (χ2v) is 4.62. The maximum atomic E-state index is 10.4. The topological polar surface area (TPSA) is 42.4 Å². The molecule has 0 saturated heterocycles. The van der Waals surface area contributed by atoms with E-state index in [0.29, 0.717) is 6.61 Å². The van der Waals surface area contributed by atoms with Crippen LogP contribution in [0.15, 0.2) is 36.5 Å². The van der Waals surface area contributed by atoms with E-state index in [2.05, 4.69) is 4.98 Å². The average Bonchev–Trinajstić information content (AvgIpc) is 2.43. The Morgan fingerprint density at radius 3 is 2.83 bits per heavy atom. The number of aliphatic hydroxyl groups excluding tert-OH is 1. The Morgan fingerprint density at radius 2 is 2.06 bits per heavy atom. The minimum Gasteiger partial charge on any atom is -0.387 e. The molecule has 0 fully saturated rings. The number of aromatic nitrogens is 1. The standard InChI is InChI=1S/C15H19NO2/c1-11(8-10-18-2)15(17)14-13-6-4-3-5-12(13)7-9-16-14/h3-7,9,11,15,17H,8,10H2,1-2H3. The van der Waals surface area contributed by atoms with Gasteiger partial charge in [0.15, 0.2) is 0 Å². The summed E-state index contributed by atoms with van der Waals surface area (Å²) >= 11 is 0. The van der Waals surface area contributed by atoms with Crippen LogP contribution in [0.4, 0.5) is 0 Å². The highest BCUT2D eigenvalue weighted by atomic mass is 16.5. The van der Waals surface area contributed by atoms with E-state index < -0.39 is 6.10 Å². The second kappa shape index (κ2) is 5.94. The van der Waals surface area contributed by atoms with Crippen LogP contribution in [0.2, 0.25) is 0 Å². The minimum atomic E-state index is -0.550. The summed E-state index contributed by atoms with van der Waals surface area (Å²) in [7, 11) is 1.68. The maximum absolute atomic E-state index is 10.4. The normalized spacial score (nSPS) is 14.6. The quantitative estimate of drug-likeness (QED) is 0.880. The van der Waals surface area contributed by atoms with E-state index in [9.17, 15) is 5.11 Å². The molecule has 0 aliphatic rings. The Morgan fingerprint density at radius 1 is 1.28 bits per heavy atom. The Kier molecular flexibility index (Phi) is 4.28. The van der Waals surface area contributed by atoms with Gasteiger partial charge in [0.1, 0.15) is 0 Å². The molecule has 0 saturated carbocycles. The minimum absolute atomic E-state index is 0.128. The van der Waals surface area contributed by atoms with Crippen LogP contribution in [0.3, 0.4) is 0 Å². The van der Waals surface area contributed by atoms with Gasteiger partial charge in [0, 0.05) is 25.3 Å². The molecule has 96 valence electrons. The summed E-state index contributed by atoms with van der Waals surface area (Å²) in [6.45, 7) is 2.68. The van der Waals surface area contributed by atoms with Gasteiger partial charge < -0.3 is 9.84 Å². The Hall–Kier alpha value is -1.45. The fourth-order valence-corrected chi connectivity index (χ4v) is 2.11. The van der Waals surface area contributed by atoms with Crippen molar-refractivity contribution in [2.75, 3.05) is 13.7 Å². The van der Waals surface area contributed by atoms with Gasteiger partial charge in [-0.15, -0.1) is 0 Å². The van der Waals surface area contributed by atoms with Gasteiger partial charge in [-0.2, -0.15) is 0 Å². The summed E-state index contributed by atoms with van der Waals surface area (Å²) in [5, 5.41) is 12.5. The predicted molar refractivity (Wildman–Crippen MR) is 72.4 cm³/mol. The second-order valence-electron chi connectivity index (χ2n) is 4.62. The summed E-state index contributed by atoms with van der Waals surface area (Å²) in [5.74, 6) is 0.128. The molecule has 3 nitrogen and oxygen atoms in total. The van der Waals surface area contributed by atoms with Crippen molar-refractivity contribution in [1.29, 1.82) is 0 Å².